The summed E-state index contributed by atoms with van der Waals surface area (Å²) in [6.45, 7) is 3.78. The van der Waals surface area contributed by atoms with Crippen molar-refractivity contribution in [3.8, 4) is 5.69 Å². The van der Waals surface area contributed by atoms with E-state index in [9.17, 15) is 9.59 Å². The zero-order valence-corrected chi connectivity index (χ0v) is 17.7. The molecular formula is C22H22ClN3O2S. The van der Waals surface area contributed by atoms with Gasteiger partial charge in [0, 0.05) is 18.1 Å². The zero-order valence-electron chi connectivity index (χ0n) is 16.2. The topological polar surface area (TPSA) is 55.2 Å². The van der Waals surface area contributed by atoms with Crippen LogP contribution >= 0.6 is 23.4 Å². The number of halogens is 1. The van der Waals surface area contributed by atoms with Gasteiger partial charge in [0.05, 0.1) is 22.3 Å². The summed E-state index contributed by atoms with van der Waals surface area (Å²) >= 11 is 7.32. The lowest BCUT2D eigenvalue weighted by molar-refractivity contribution is -0.130. The standard InChI is InChI=1S/C22H22ClN3O2S/c1-15-5-4-12-25(13-15)20(27)14-29-22-24-19-7-3-2-6-18(19)21(28)26(22)17-10-8-16(23)9-11-17/h2-3,6-11,15H,4-5,12-14H2,1H3. The molecule has 1 saturated heterocycles. The zero-order chi connectivity index (χ0) is 20.4. The first-order valence-corrected chi connectivity index (χ1v) is 11.1. The molecule has 1 unspecified atom stereocenters. The Labute approximate surface area is 178 Å². The lowest BCUT2D eigenvalue weighted by Gasteiger charge is -2.30. The van der Waals surface area contributed by atoms with E-state index in [0.29, 0.717) is 32.7 Å². The van der Waals surface area contributed by atoms with Crippen LogP contribution < -0.4 is 5.56 Å². The van der Waals surface area contributed by atoms with Gasteiger partial charge >= 0.3 is 0 Å². The number of carbonyl (C=O) groups is 1. The van der Waals surface area contributed by atoms with Crippen LogP contribution in [0.25, 0.3) is 16.6 Å². The molecule has 3 aromatic rings. The second-order valence-corrected chi connectivity index (χ2v) is 8.78. The predicted molar refractivity (Wildman–Crippen MR) is 118 cm³/mol. The van der Waals surface area contributed by atoms with Gasteiger partial charge in [-0.1, -0.05) is 42.4 Å². The van der Waals surface area contributed by atoms with E-state index in [1.165, 1.54) is 18.2 Å². The van der Waals surface area contributed by atoms with Crippen molar-refractivity contribution in [3.05, 3.63) is 63.9 Å². The summed E-state index contributed by atoms with van der Waals surface area (Å²) in [6.07, 6.45) is 2.21. The quantitative estimate of drug-likeness (QED) is 0.457. The van der Waals surface area contributed by atoms with E-state index in [1.807, 2.05) is 23.1 Å². The second-order valence-electron chi connectivity index (χ2n) is 7.40. The first-order valence-electron chi connectivity index (χ1n) is 9.71. The summed E-state index contributed by atoms with van der Waals surface area (Å²) in [6, 6.07) is 14.3. The van der Waals surface area contributed by atoms with Gasteiger partial charge in [0.15, 0.2) is 5.16 Å². The van der Waals surface area contributed by atoms with Gasteiger partial charge in [-0.05, 0) is 55.2 Å². The molecule has 1 fully saturated rings. The molecule has 1 aliphatic heterocycles. The molecule has 5 nitrogen and oxygen atoms in total. The molecule has 0 bridgehead atoms. The third-order valence-corrected chi connectivity index (χ3v) is 6.34. The van der Waals surface area contributed by atoms with E-state index in [0.717, 1.165) is 19.5 Å². The third-order valence-electron chi connectivity index (χ3n) is 5.16. The van der Waals surface area contributed by atoms with Crippen LogP contribution in [0.5, 0.6) is 0 Å². The number of rotatable bonds is 4. The van der Waals surface area contributed by atoms with Gasteiger partial charge in [0.2, 0.25) is 5.91 Å². The molecule has 1 aliphatic rings. The number of nitrogens with zero attached hydrogens (tertiary/aromatic N) is 3. The van der Waals surface area contributed by atoms with E-state index in [-0.39, 0.29) is 17.2 Å². The van der Waals surface area contributed by atoms with E-state index < -0.39 is 0 Å². The largest absolute Gasteiger partial charge is 0.342 e. The van der Waals surface area contributed by atoms with Crippen LogP contribution in [0.3, 0.4) is 0 Å². The molecule has 4 rings (SSSR count). The van der Waals surface area contributed by atoms with Crippen molar-refractivity contribution in [2.75, 3.05) is 18.8 Å². The van der Waals surface area contributed by atoms with E-state index in [2.05, 4.69) is 11.9 Å². The predicted octanol–water partition coefficient (Wildman–Crippen LogP) is 4.39. The van der Waals surface area contributed by atoms with Crippen molar-refractivity contribution in [1.29, 1.82) is 0 Å². The highest BCUT2D eigenvalue weighted by molar-refractivity contribution is 7.99. The number of likely N-dealkylation sites (tertiary alicyclic amines) is 1. The molecule has 7 heteroatoms. The fourth-order valence-electron chi connectivity index (χ4n) is 3.66. The summed E-state index contributed by atoms with van der Waals surface area (Å²) in [5.41, 5.74) is 1.16. The van der Waals surface area contributed by atoms with Crippen LogP contribution in [0, 0.1) is 5.92 Å². The molecule has 150 valence electrons. The number of benzene rings is 2. The number of aromatic nitrogens is 2. The fourth-order valence-corrected chi connectivity index (χ4v) is 4.70. The molecule has 1 aromatic heterocycles. The van der Waals surface area contributed by atoms with Gasteiger partial charge in [0.25, 0.3) is 5.56 Å². The number of fused-ring (bicyclic) bond motifs is 1. The lowest BCUT2D eigenvalue weighted by atomic mass is 10.0. The number of piperidine rings is 1. The Morgan fingerprint density at radius 2 is 1.97 bits per heavy atom. The molecule has 1 amide bonds. The van der Waals surface area contributed by atoms with Crippen LogP contribution in [0.15, 0.2) is 58.5 Å². The molecule has 0 aliphatic carbocycles. The summed E-state index contributed by atoms with van der Waals surface area (Å²) in [5.74, 6) is 0.876. The molecule has 0 saturated carbocycles. The maximum absolute atomic E-state index is 13.2. The monoisotopic (exact) mass is 427 g/mol. The van der Waals surface area contributed by atoms with Gasteiger partial charge in [0.1, 0.15) is 0 Å². The molecule has 0 spiro atoms. The fraction of sp³-hybridized carbons (Fsp3) is 0.318. The van der Waals surface area contributed by atoms with Gasteiger partial charge < -0.3 is 4.90 Å². The Kier molecular flexibility index (Phi) is 5.92. The Balaban J connectivity index is 1.69. The summed E-state index contributed by atoms with van der Waals surface area (Å²) in [7, 11) is 0. The maximum Gasteiger partial charge on any atom is 0.266 e. The maximum atomic E-state index is 13.2. The normalized spacial score (nSPS) is 16.9. The second kappa shape index (κ2) is 8.59. The van der Waals surface area contributed by atoms with Gasteiger partial charge in [-0.2, -0.15) is 0 Å². The van der Waals surface area contributed by atoms with E-state index in [1.54, 1.807) is 34.9 Å². The summed E-state index contributed by atoms with van der Waals surface area (Å²) in [4.78, 5) is 32.5. The van der Waals surface area contributed by atoms with E-state index >= 15 is 0 Å². The van der Waals surface area contributed by atoms with Crippen LogP contribution in [0.4, 0.5) is 0 Å². The van der Waals surface area contributed by atoms with Gasteiger partial charge in [-0.25, -0.2) is 4.98 Å². The van der Waals surface area contributed by atoms with Crippen LogP contribution in [-0.2, 0) is 4.79 Å². The van der Waals surface area contributed by atoms with Crippen LogP contribution in [0.2, 0.25) is 5.02 Å². The first-order chi connectivity index (χ1) is 14.0. The van der Waals surface area contributed by atoms with Crippen molar-refractivity contribution in [2.45, 2.75) is 24.9 Å². The smallest absolute Gasteiger partial charge is 0.266 e. The minimum Gasteiger partial charge on any atom is -0.342 e. The highest BCUT2D eigenvalue weighted by Gasteiger charge is 2.22. The molecule has 1 atom stereocenters. The lowest BCUT2D eigenvalue weighted by Crippen LogP contribution is -2.40. The highest BCUT2D eigenvalue weighted by Crippen LogP contribution is 2.24. The van der Waals surface area contributed by atoms with Crippen LogP contribution in [0.1, 0.15) is 19.8 Å². The average molecular weight is 428 g/mol. The van der Waals surface area contributed by atoms with Crippen molar-refractivity contribution >= 4 is 40.2 Å². The minimum atomic E-state index is -0.153. The Morgan fingerprint density at radius 3 is 2.72 bits per heavy atom. The Bertz CT molecular complexity index is 1100. The number of thioether (sulfide) groups is 1. The average Bonchev–Trinajstić information content (AvgIpc) is 2.73. The van der Waals surface area contributed by atoms with Crippen molar-refractivity contribution < 1.29 is 4.79 Å². The molecule has 0 N–H and O–H groups in total. The number of amides is 1. The third kappa shape index (κ3) is 4.33. The number of para-hydroxylation sites is 1. The molecular weight excluding hydrogens is 406 g/mol. The highest BCUT2D eigenvalue weighted by atomic mass is 35.5. The molecule has 2 aromatic carbocycles. The van der Waals surface area contributed by atoms with Crippen molar-refractivity contribution in [2.24, 2.45) is 5.92 Å². The first kappa shape index (κ1) is 20.0. The number of carbonyl (C=O) groups excluding carboxylic acids is 1. The SMILES string of the molecule is CC1CCCN(C(=O)CSc2nc3ccccc3c(=O)n2-c2ccc(Cl)cc2)C1. The summed E-state index contributed by atoms with van der Waals surface area (Å²) in [5, 5.41) is 1.65. The number of hydrogen-bond donors (Lipinski definition) is 0. The van der Waals surface area contributed by atoms with Gasteiger partial charge in [-0.3, -0.25) is 14.2 Å². The molecule has 2 heterocycles. The minimum absolute atomic E-state index is 0.0895. The molecule has 0 radical (unpaired) electrons. The summed E-state index contributed by atoms with van der Waals surface area (Å²) < 4.78 is 1.56. The van der Waals surface area contributed by atoms with Gasteiger partial charge in [-0.15, -0.1) is 0 Å². The van der Waals surface area contributed by atoms with Crippen LogP contribution in [-0.4, -0.2) is 39.2 Å². The van der Waals surface area contributed by atoms with Crippen molar-refractivity contribution in [3.63, 3.8) is 0 Å². The van der Waals surface area contributed by atoms with E-state index in [4.69, 9.17) is 11.6 Å². The number of hydrogen-bond acceptors (Lipinski definition) is 4. The van der Waals surface area contributed by atoms with Crippen molar-refractivity contribution in [1.82, 2.24) is 14.5 Å². The Hall–Kier alpha value is -2.31. The molecule has 29 heavy (non-hydrogen) atoms. The Morgan fingerprint density at radius 1 is 1.21 bits per heavy atom.